The van der Waals surface area contributed by atoms with Crippen molar-refractivity contribution in [1.82, 2.24) is 5.32 Å². The van der Waals surface area contributed by atoms with Gasteiger partial charge in [0.25, 0.3) is 0 Å². The molecule has 0 aliphatic heterocycles. The Morgan fingerprint density at radius 1 is 1.39 bits per heavy atom. The van der Waals surface area contributed by atoms with E-state index in [0.29, 0.717) is 0 Å². The standard InChI is InChI=1S/C15H20N2O/c1-11(9-12-5-3-2-4-6-12)17-15(18)13-7-8-14(16)10-13/h2-8,11,13-14H,9-10,16H2,1H3,(H,17,18). The van der Waals surface area contributed by atoms with E-state index in [1.54, 1.807) is 0 Å². The van der Waals surface area contributed by atoms with Crippen molar-refractivity contribution in [2.45, 2.75) is 31.8 Å². The molecule has 3 atom stereocenters. The van der Waals surface area contributed by atoms with Gasteiger partial charge in [-0.15, -0.1) is 0 Å². The number of amides is 1. The van der Waals surface area contributed by atoms with Gasteiger partial charge in [0.1, 0.15) is 0 Å². The minimum Gasteiger partial charge on any atom is -0.353 e. The van der Waals surface area contributed by atoms with Crippen LogP contribution < -0.4 is 11.1 Å². The Kier molecular flexibility index (Phi) is 4.15. The van der Waals surface area contributed by atoms with Crippen molar-refractivity contribution in [3.8, 4) is 0 Å². The third-order valence-electron chi connectivity index (χ3n) is 3.23. The van der Waals surface area contributed by atoms with Crippen LogP contribution in [0, 0.1) is 5.92 Å². The van der Waals surface area contributed by atoms with E-state index < -0.39 is 0 Å². The van der Waals surface area contributed by atoms with Crippen LogP contribution in [0.2, 0.25) is 0 Å². The molecule has 0 radical (unpaired) electrons. The summed E-state index contributed by atoms with van der Waals surface area (Å²) in [4.78, 5) is 12.0. The average Bonchev–Trinajstić information content (AvgIpc) is 2.77. The number of carbonyl (C=O) groups is 1. The molecule has 96 valence electrons. The van der Waals surface area contributed by atoms with Crippen molar-refractivity contribution in [2.75, 3.05) is 0 Å². The molecule has 18 heavy (non-hydrogen) atoms. The molecule has 0 fully saturated rings. The second kappa shape index (κ2) is 5.83. The first kappa shape index (κ1) is 12.8. The highest BCUT2D eigenvalue weighted by molar-refractivity contribution is 5.81. The fraction of sp³-hybridized carbons (Fsp3) is 0.400. The summed E-state index contributed by atoms with van der Waals surface area (Å²) >= 11 is 0. The average molecular weight is 244 g/mol. The molecule has 0 saturated carbocycles. The first-order chi connectivity index (χ1) is 8.65. The Labute approximate surface area is 108 Å². The summed E-state index contributed by atoms with van der Waals surface area (Å²) in [6.45, 7) is 2.03. The lowest BCUT2D eigenvalue weighted by molar-refractivity contribution is -0.124. The Hall–Kier alpha value is -1.61. The molecule has 1 aromatic rings. The van der Waals surface area contributed by atoms with Gasteiger partial charge in [0, 0.05) is 12.1 Å². The summed E-state index contributed by atoms with van der Waals surface area (Å²) in [5, 5.41) is 3.05. The molecule has 3 N–H and O–H groups in total. The van der Waals surface area contributed by atoms with Crippen molar-refractivity contribution in [3.05, 3.63) is 48.0 Å². The van der Waals surface area contributed by atoms with E-state index in [-0.39, 0.29) is 23.9 Å². The first-order valence-corrected chi connectivity index (χ1v) is 6.43. The van der Waals surface area contributed by atoms with Crippen molar-refractivity contribution >= 4 is 5.91 Å². The van der Waals surface area contributed by atoms with Gasteiger partial charge in [-0.25, -0.2) is 0 Å². The van der Waals surface area contributed by atoms with Crippen LogP contribution in [0.1, 0.15) is 18.9 Å². The molecule has 0 spiro atoms. The van der Waals surface area contributed by atoms with Crippen LogP contribution >= 0.6 is 0 Å². The maximum Gasteiger partial charge on any atom is 0.227 e. The fourth-order valence-electron chi connectivity index (χ4n) is 2.29. The van der Waals surface area contributed by atoms with Crippen LogP contribution in [0.25, 0.3) is 0 Å². The molecule has 1 amide bonds. The van der Waals surface area contributed by atoms with E-state index in [1.165, 1.54) is 5.56 Å². The molecule has 0 heterocycles. The fourth-order valence-corrected chi connectivity index (χ4v) is 2.29. The van der Waals surface area contributed by atoms with Gasteiger partial charge < -0.3 is 11.1 Å². The van der Waals surface area contributed by atoms with Gasteiger partial charge in [0.15, 0.2) is 0 Å². The lowest BCUT2D eigenvalue weighted by atomic mass is 10.0. The minimum absolute atomic E-state index is 0.0326. The zero-order valence-electron chi connectivity index (χ0n) is 10.7. The van der Waals surface area contributed by atoms with Gasteiger partial charge in [-0.05, 0) is 25.3 Å². The smallest absolute Gasteiger partial charge is 0.227 e. The van der Waals surface area contributed by atoms with Crippen molar-refractivity contribution in [2.24, 2.45) is 11.7 Å². The van der Waals surface area contributed by atoms with Crippen molar-refractivity contribution in [1.29, 1.82) is 0 Å². The van der Waals surface area contributed by atoms with Gasteiger partial charge in [0.2, 0.25) is 5.91 Å². The Bertz CT molecular complexity index is 427. The number of nitrogens with one attached hydrogen (secondary N) is 1. The molecule has 1 aromatic carbocycles. The molecular weight excluding hydrogens is 224 g/mol. The number of hydrogen-bond donors (Lipinski definition) is 2. The van der Waals surface area contributed by atoms with Gasteiger partial charge in [-0.3, -0.25) is 4.79 Å². The van der Waals surface area contributed by atoms with Crippen molar-refractivity contribution in [3.63, 3.8) is 0 Å². The van der Waals surface area contributed by atoms with Gasteiger partial charge in [-0.2, -0.15) is 0 Å². The Morgan fingerprint density at radius 3 is 2.72 bits per heavy atom. The first-order valence-electron chi connectivity index (χ1n) is 6.43. The number of rotatable bonds is 4. The van der Waals surface area contributed by atoms with Gasteiger partial charge in [-0.1, -0.05) is 42.5 Å². The molecule has 0 saturated heterocycles. The minimum atomic E-state index is -0.0572. The highest BCUT2D eigenvalue weighted by Crippen LogP contribution is 2.16. The maximum atomic E-state index is 12.0. The zero-order valence-corrected chi connectivity index (χ0v) is 10.7. The van der Waals surface area contributed by atoms with E-state index >= 15 is 0 Å². The second-order valence-electron chi connectivity index (χ2n) is 4.99. The van der Waals surface area contributed by atoms with Crippen LogP contribution in [0.5, 0.6) is 0 Å². The maximum absolute atomic E-state index is 12.0. The number of carbonyl (C=O) groups excluding carboxylic acids is 1. The highest BCUT2D eigenvalue weighted by atomic mass is 16.1. The topological polar surface area (TPSA) is 55.1 Å². The molecular formula is C15H20N2O. The van der Waals surface area contributed by atoms with Crippen LogP contribution in [0.3, 0.4) is 0 Å². The molecule has 0 aromatic heterocycles. The lowest BCUT2D eigenvalue weighted by Gasteiger charge is -2.17. The SMILES string of the molecule is CC(Cc1ccccc1)NC(=O)C1C=CC(N)C1. The lowest BCUT2D eigenvalue weighted by Crippen LogP contribution is -2.38. The molecule has 3 heteroatoms. The quantitative estimate of drug-likeness (QED) is 0.791. The summed E-state index contributed by atoms with van der Waals surface area (Å²) in [5.74, 6) is 0.0286. The van der Waals surface area contributed by atoms with Gasteiger partial charge in [0.05, 0.1) is 5.92 Å². The largest absolute Gasteiger partial charge is 0.353 e. The summed E-state index contributed by atoms with van der Waals surface area (Å²) in [6, 6.07) is 10.4. The van der Waals surface area contributed by atoms with Crippen LogP contribution in [0.4, 0.5) is 0 Å². The summed E-state index contributed by atoms with van der Waals surface area (Å²) in [7, 11) is 0. The second-order valence-corrected chi connectivity index (χ2v) is 4.99. The third-order valence-corrected chi connectivity index (χ3v) is 3.23. The van der Waals surface area contributed by atoms with Crippen molar-refractivity contribution < 1.29 is 4.79 Å². The normalized spacial score (nSPS) is 23.9. The summed E-state index contributed by atoms with van der Waals surface area (Å²) in [6.07, 6.45) is 5.40. The van der Waals surface area contributed by atoms with E-state index in [2.05, 4.69) is 17.4 Å². The van der Waals surface area contributed by atoms with E-state index in [4.69, 9.17) is 5.73 Å². The third kappa shape index (κ3) is 3.44. The molecule has 2 rings (SSSR count). The molecule has 3 nitrogen and oxygen atoms in total. The highest BCUT2D eigenvalue weighted by Gasteiger charge is 2.23. The summed E-state index contributed by atoms with van der Waals surface area (Å²) in [5.41, 5.74) is 6.99. The number of nitrogens with two attached hydrogens (primary N) is 1. The number of hydrogen-bond acceptors (Lipinski definition) is 2. The predicted molar refractivity (Wildman–Crippen MR) is 73.0 cm³/mol. The predicted octanol–water partition coefficient (Wildman–Crippen LogP) is 1.64. The molecule has 1 aliphatic carbocycles. The van der Waals surface area contributed by atoms with Gasteiger partial charge >= 0.3 is 0 Å². The van der Waals surface area contributed by atoms with E-state index in [0.717, 1.165) is 12.8 Å². The van der Waals surface area contributed by atoms with E-state index in [9.17, 15) is 4.79 Å². The monoisotopic (exact) mass is 244 g/mol. The van der Waals surface area contributed by atoms with Crippen LogP contribution in [-0.4, -0.2) is 18.0 Å². The molecule has 3 unspecified atom stereocenters. The number of benzene rings is 1. The van der Waals surface area contributed by atoms with Crippen LogP contribution in [0.15, 0.2) is 42.5 Å². The Morgan fingerprint density at radius 2 is 2.11 bits per heavy atom. The van der Waals surface area contributed by atoms with Crippen LogP contribution in [-0.2, 0) is 11.2 Å². The molecule has 0 bridgehead atoms. The molecule has 1 aliphatic rings. The zero-order chi connectivity index (χ0) is 13.0. The summed E-state index contributed by atoms with van der Waals surface area (Å²) < 4.78 is 0. The van der Waals surface area contributed by atoms with E-state index in [1.807, 2.05) is 37.3 Å². The Balaban J connectivity index is 1.82.